The number of hydrogen-bond acceptors (Lipinski definition) is 0. The molecule has 1 aliphatic carbocycles. The monoisotopic (exact) mass is 158 g/mol. The zero-order chi connectivity index (χ0) is 8.65. The molecule has 0 N–H and O–H groups in total. The molecule has 0 aromatic carbocycles. The summed E-state index contributed by atoms with van der Waals surface area (Å²) in [6.07, 6.45) is 6.08. The predicted octanol–water partition coefficient (Wildman–Crippen LogP) is 2.90. The van der Waals surface area contributed by atoms with E-state index in [-0.39, 0.29) is 0 Å². The summed E-state index contributed by atoms with van der Waals surface area (Å²) in [7, 11) is 0. The van der Waals surface area contributed by atoms with E-state index in [1.807, 2.05) is 0 Å². The van der Waals surface area contributed by atoms with Crippen LogP contribution in [0.5, 0.6) is 0 Å². The maximum absolute atomic E-state index is 3.91. The number of hydrogen-bond donors (Lipinski definition) is 0. The molecule has 0 spiro atoms. The van der Waals surface area contributed by atoms with Crippen LogP contribution >= 0.6 is 0 Å². The summed E-state index contributed by atoms with van der Waals surface area (Å²) < 4.78 is 0. The van der Waals surface area contributed by atoms with Gasteiger partial charge in [-0.1, -0.05) is 24.0 Å². The maximum Gasteiger partial charge on any atom is 0.0306 e. The SMILES string of the molecule is C=C1CC#CCCCCC#CC1. The van der Waals surface area contributed by atoms with Crippen molar-refractivity contribution in [1.29, 1.82) is 0 Å². The molecular weight excluding hydrogens is 144 g/mol. The van der Waals surface area contributed by atoms with Crippen LogP contribution in [0, 0.1) is 23.7 Å². The van der Waals surface area contributed by atoms with Crippen LogP contribution in [0.4, 0.5) is 0 Å². The topological polar surface area (TPSA) is 0 Å². The van der Waals surface area contributed by atoms with E-state index < -0.39 is 0 Å². The van der Waals surface area contributed by atoms with E-state index in [0.29, 0.717) is 0 Å². The molecule has 0 nitrogen and oxygen atoms in total. The van der Waals surface area contributed by atoms with Gasteiger partial charge in [0.2, 0.25) is 0 Å². The first kappa shape index (κ1) is 8.95. The first-order chi connectivity index (χ1) is 5.89. The Labute approximate surface area is 75.1 Å². The van der Waals surface area contributed by atoms with E-state index in [1.54, 1.807) is 0 Å². The Morgan fingerprint density at radius 3 is 1.83 bits per heavy atom. The van der Waals surface area contributed by atoms with Crippen molar-refractivity contribution < 1.29 is 0 Å². The van der Waals surface area contributed by atoms with Gasteiger partial charge in [-0.05, 0) is 12.8 Å². The minimum absolute atomic E-state index is 0.828. The Kier molecular flexibility index (Phi) is 4.11. The Morgan fingerprint density at radius 2 is 1.33 bits per heavy atom. The lowest BCUT2D eigenvalue weighted by atomic mass is 10.1. The van der Waals surface area contributed by atoms with Gasteiger partial charge in [-0.3, -0.25) is 0 Å². The van der Waals surface area contributed by atoms with Crippen molar-refractivity contribution in [1.82, 2.24) is 0 Å². The summed E-state index contributed by atoms with van der Waals surface area (Å²) in [5.41, 5.74) is 1.15. The zero-order valence-electron chi connectivity index (χ0n) is 7.45. The van der Waals surface area contributed by atoms with Gasteiger partial charge >= 0.3 is 0 Å². The second kappa shape index (κ2) is 5.50. The van der Waals surface area contributed by atoms with Crippen LogP contribution in [-0.4, -0.2) is 0 Å². The van der Waals surface area contributed by atoms with Crippen molar-refractivity contribution in [3.8, 4) is 23.7 Å². The van der Waals surface area contributed by atoms with Crippen LogP contribution in [0.25, 0.3) is 0 Å². The summed E-state index contributed by atoms with van der Waals surface area (Å²) in [5, 5.41) is 0. The molecule has 0 amide bonds. The molecule has 1 rings (SSSR count). The Balaban J connectivity index is 2.48. The van der Waals surface area contributed by atoms with E-state index in [0.717, 1.165) is 31.3 Å². The Hall–Kier alpha value is -1.14. The molecule has 0 radical (unpaired) electrons. The third kappa shape index (κ3) is 3.89. The predicted molar refractivity (Wildman–Crippen MR) is 52.4 cm³/mol. The highest BCUT2D eigenvalue weighted by Gasteiger charge is 1.89. The molecule has 0 aromatic heterocycles. The molecule has 0 heteroatoms. The third-order valence-electron chi connectivity index (χ3n) is 1.78. The molecular formula is C12H14. The van der Waals surface area contributed by atoms with E-state index in [2.05, 4.69) is 30.3 Å². The Morgan fingerprint density at radius 1 is 0.833 bits per heavy atom. The highest BCUT2D eigenvalue weighted by Crippen LogP contribution is 2.04. The second-order valence-electron chi connectivity index (χ2n) is 3.02. The molecule has 0 heterocycles. The second-order valence-corrected chi connectivity index (χ2v) is 3.02. The van der Waals surface area contributed by atoms with E-state index in [9.17, 15) is 0 Å². The zero-order valence-corrected chi connectivity index (χ0v) is 7.45. The first-order valence-electron chi connectivity index (χ1n) is 4.47. The summed E-state index contributed by atoms with van der Waals surface area (Å²) in [6, 6.07) is 0. The van der Waals surface area contributed by atoms with Crippen molar-refractivity contribution in [2.45, 2.75) is 38.5 Å². The van der Waals surface area contributed by atoms with Crippen molar-refractivity contribution in [3.63, 3.8) is 0 Å². The van der Waals surface area contributed by atoms with Crippen LogP contribution in [0.3, 0.4) is 0 Å². The molecule has 0 atom stereocenters. The average molecular weight is 158 g/mol. The van der Waals surface area contributed by atoms with Gasteiger partial charge in [0.05, 0.1) is 0 Å². The van der Waals surface area contributed by atoms with Gasteiger partial charge < -0.3 is 0 Å². The number of allylic oxidation sites excluding steroid dienone is 1. The minimum Gasteiger partial charge on any atom is -0.103 e. The lowest BCUT2D eigenvalue weighted by Crippen LogP contribution is -1.75. The lowest BCUT2D eigenvalue weighted by molar-refractivity contribution is 0.782. The van der Waals surface area contributed by atoms with Crippen molar-refractivity contribution in [2.75, 3.05) is 0 Å². The van der Waals surface area contributed by atoms with Gasteiger partial charge in [0.15, 0.2) is 0 Å². The molecule has 0 fully saturated rings. The molecule has 0 saturated carbocycles. The van der Waals surface area contributed by atoms with E-state index in [1.165, 1.54) is 12.8 Å². The van der Waals surface area contributed by atoms with Gasteiger partial charge in [0.25, 0.3) is 0 Å². The smallest absolute Gasteiger partial charge is 0.0306 e. The molecule has 62 valence electrons. The van der Waals surface area contributed by atoms with Crippen molar-refractivity contribution in [2.24, 2.45) is 0 Å². The Bertz CT molecular complexity index is 234. The number of rotatable bonds is 0. The van der Waals surface area contributed by atoms with Crippen molar-refractivity contribution in [3.05, 3.63) is 12.2 Å². The fourth-order valence-electron chi connectivity index (χ4n) is 1.04. The molecule has 1 aliphatic rings. The van der Waals surface area contributed by atoms with Crippen molar-refractivity contribution >= 4 is 0 Å². The van der Waals surface area contributed by atoms with E-state index >= 15 is 0 Å². The van der Waals surface area contributed by atoms with Crippen LogP contribution in [0.2, 0.25) is 0 Å². The fraction of sp³-hybridized carbons (Fsp3) is 0.500. The van der Waals surface area contributed by atoms with Gasteiger partial charge in [-0.15, -0.1) is 11.8 Å². The van der Waals surface area contributed by atoms with Crippen LogP contribution in [-0.2, 0) is 0 Å². The van der Waals surface area contributed by atoms with Gasteiger partial charge in [0.1, 0.15) is 0 Å². The minimum atomic E-state index is 0.828. The third-order valence-corrected chi connectivity index (χ3v) is 1.78. The first-order valence-corrected chi connectivity index (χ1v) is 4.47. The van der Waals surface area contributed by atoms with Gasteiger partial charge in [-0.2, -0.15) is 0 Å². The summed E-state index contributed by atoms with van der Waals surface area (Å²) in [4.78, 5) is 0. The highest BCUT2D eigenvalue weighted by atomic mass is 13.9. The van der Waals surface area contributed by atoms with E-state index in [4.69, 9.17) is 0 Å². The van der Waals surface area contributed by atoms with Crippen LogP contribution in [0.1, 0.15) is 38.5 Å². The normalized spacial score (nSPS) is 17.8. The summed E-state index contributed by atoms with van der Waals surface area (Å²) >= 11 is 0. The van der Waals surface area contributed by atoms with Gasteiger partial charge in [-0.25, -0.2) is 0 Å². The molecule has 0 saturated heterocycles. The molecule has 0 aliphatic heterocycles. The molecule has 0 aromatic rings. The largest absolute Gasteiger partial charge is 0.103 e. The van der Waals surface area contributed by atoms with Crippen LogP contribution in [0.15, 0.2) is 12.2 Å². The summed E-state index contributed by atoms with van der Waals surface area (Å²) in [6.45, 7) is 3.91. The fourth-order valence-corrected chi connectivity index (χ4v) is 1.04. The quantitative estimate of drug-likeness (QED) is 0.375. The molecule has 0 bridgehead atoms. The lowest BCUT2D eigenvalue weighted by Gasteiger charge is -1.90. The molecule has 0 unspecified atom stereocenters. The molecule has 12 heavy (non-hydrogen) atoms. The van der Waals surface area contributed by atoms with Crippen LogP contribution < -0.4 is 0 Å². The maximum atomic E-state index is 3.91. The highest BCUT2D eigenvalue weighted by molar-refractivity contribution is 5.17. The van der Waals surface area contributed by atoms with Gasteiger partial charge in [0, 0.05) is 25.7 Å². The summed E-state index contributed by atoms with van der Waals surface area (Å²) in [5.74, 6) is 12.5. The standard InChI is InChI=1S/C12H14/c1-12-10-8-6-4-2-3-5-7-9-11-12/h1-5,10-11H2. The average Bonchev–Trinajstić information content (AvgIpc) is 2.11.